The van der Waals surface area contributed by atoms with Crippen molar-refractivity contribution in [3.05, 3.63) is 17.9 Å². The van der Waals surface area contributed by atoms with Crippen LogP contribution in [0.2, 0.25) is 0 Å². The minimum atomic E-state index is -5.54. The van der Waals surface area contributed by atoms with Crippen LogP contribution in [0.3, 0.4) is 0 Å². The molecule has 2 nitrogen and oxygen atoms in total. The number of ether oxygens (including phenoxy) is 1. The van der Waals surface area contributed by atoms with Gasteiger partial charge >= 0.3 is 12.4 Å². The molecule has 1 aromatic rings. The number of alkyl halides is 6. The Kier molecular flexibility index (Phi) is 3.11. The van der Waals surface area contributed by atoms with Crippen LogP contribution in [-0.2, 0) is 0 Å². The van der Waals surface area contributed by atoms with Crippen LogP contribution in [0.4, 0.5) is 26.3 Å². The number of aryl methyl sites for hydroxylation is 1. The Hall–Kier alpha value is -1.34. The number of furan rings is 1. The van der Waals surface area contributed by atoms with Gasteiger partial charge in [-0.05, 0) is 13.0 Å². The molecule has 16 heavy (non-hydrogen) atoms. The molecule has 1 aromatic heterocycles. The summed E-state index contributed by atoms with van der Waals surface area (Å²) < 4.78 is 80.4. The molecule has 0 aromatic carbocycles. The van der Waals surface area contributed by atoms with E-state index in [1.165, 1.54) is 13.0 Å². The van der Waals surface area contributed by atoms with Crippen LogP contribution < -0.4 is 4.74 Å². The van der Waals surface area contributed by atoms with Gasteiger partial charge in [-0.1, -0.05) is 0 Å². The second-order valence-corrected chi connectivity index (χ2v) is 2.95. The predicted molar refractivity (Wildman–Crippen MR) is 40.0 cm³/mol. The molecule has 0 spiro atoms. The van der Waals surface area contributed by atoms with E-state index in [1.807, 2.05) is 0 Å². The molecule has 0 bridgehead atoms. The maximum Gasteiger partial charge on any atom is 0.434 e. The zero-order valence-corrected chi connectivity index (χ0v) is 7.82. The molecule has 1 heterocycles. The van der Waals surface area contributed by atoms with E-state index in [2.05, 4.69) is 9.15 Å². The minimum absolute atomic E-state index is 0.151. The molecule has 1 rings (SSSR count). The molecule has 0 fully saturated rings. The maximum atomic E-state index is 12.0. The fraction of sp³-hybridized carbons (Fsp3) is 0.500. The fourth-order valence-corrected chi connectivity index (χ4v) is 0.911. The Morgan fingerprint density at radius 1 is 1.06 bits per heavy atom. The van der Waals surface area contributed by atoms with Gasteiger partial charge in [0.15, 0.2) is 0 Å². The summed E-state index contributed by atoms with van der Waals surface area (Å²) in [6.07, 6.45) is -15.0. The molecule has 0 aliphatic heterocycles. The van der Waals surface area contributed by atoms with E-state index in [1.54, 1.807) is 0 Å². The standard InChI is InChI=1S/C8H6F6O2/c1-4-2-3-5(15-4)16-6(7(9,10)11)8(12,13)14/h2-3,6H,1H3. The molecule has 0 saturated heterocycles. The van der Waals surface area contributed by atoms with Crippen LogP contribution in [0.25, 0.3) is 0 Å². The number of rotatable bonds is 2. The first kappa shape index (κ1) is 12.7. The lowest BCUT2D eigenvalue weighted by molar-refractivity contribution is -0.302. The molecule has 0 aliphatic rings. The highest BCUT2D eigenvalue weighted by Crippen LogP contribution is 2.36. The largest absolute Gasteiger partial charge is 0.442 e. The van der Waals surface area contributed by atoms with Crippen molar-refractivity contribution in [1.29, 1.82) is 0 Å². The minimum Gasteiger partial charge on any atom is -0.442 e. The van der Waals surface area contributed by atoms with Gasteiger partial charge in [0.2, 0.25) is 0 Å². The highest BCUT2D eigenvalue weighted by atomic mass is 19.4. The van der Waals surface area contributed by atoms with E-state index in [4.69, 9.17) is 0 Å². The summed E-state index contributed by atoms with van der Waals surface area (Å²) in [5.41, 5.74) is 0. The maximum absolute atomic E-state index is 12.0. The topological polar surface area (TPSA) is 22.4 Å². The van der Waals surface area contributed by atoms with E-state index in [-0.39, 0.29) is 5.76 Å². The third-order valence-electron chi connectivity index (χ3n) is 1.54. The van der Waals surface area contributed by atoms with Crippen LogP contribution in [0.5, 0.6) is 5.95 Å². The Morgan fingerprint density at radius 2 is 1.56 bits per heavy atom. The van der Waals surface area contributed by atoms with Gasteiger partial charge in [0.1, 0.15) is 5.76 Å². The SMILES string of the molecule is Cc1ccc(OC(C(F)(F)F)C(F)(F)F)o1. The lowest BCUT2D eigenvalue weighted by Crippen LogP contribution is -2.46. The first-order valence-electron chi connectivity index (χ1n) is 3.97. The second kappa shape index (κ2) is 3.91. The highest BCUT2D eigenvalue weighted by Gasteiger charge is 2.59. The van der Waals surface area contributed by atoms with Crippen molar-refractivity contribution in [1.82, 2.24) is 0 Å². The molecular formula is C8H6F6O2. The predicted octanol–water partition coefficient (Wildman–Crippen LogP) is 3.46. The van der Waals surface area contributed by atoms with E-state index in [9.17, 15) is 26.3 Å². The first-order valence-corrected chi connectivity index (χ1v) is 3.97. The third-order valence-corrected chi connectivity index (χ3v) is 1.54. The quantitative estimate of drug-likeness (QED) is 0.748. The molecule has 0 saturated carbocycles. The molecule has 0 aliphatic carbocycles. The molecule has 0 unspecified atom stereocenters. The van der Waals surface area contributed by atoms with Gasteiger partial charge in [0.05, 0.1) is 0 Å². The van der Waals surface area contributed by atoms with Crippen molar-refractivity contribution in [2.24, 2.45) is 0 Å². The summed E-state index contributed by atoms with van der Waals surface area (Å²) in [6, 6.07) is 2.08. The lowest BCUT2D eigenvalue weighted by atomic mass is 10.3. The molecule has 0 atom stereocenters. The molecule has 0 radical (unpaired) electrons. The van der Waals surface area contributed by atoms with Gasteiger partial charge < -0.3 is 9.15 Å². The van der Waals surface area contributed by atoms with E-state index < -0.39 is 24.4 Å². The average molecular weight is 248 g/mol. The molecule has 0 amide bonds. The van der Waals surface area contributed by atoms with Gasteiger partial charge in [-0.3, -0.25) is 0 Å². The Morgan fingerprint density at radius 3 is 1.88 bits per heavy atom. The molecule has 8 heteroatoms. The van der Waals surface area contributed by atoms with Crippen LogP contribution in [-0.4, -0.2) is 18.5 Å². The van der Waals surface area contributed by atoms with E-state index in [0.717, 1.165) is 6.07 Å². The third kappa shape index (κ3) is 3.07. The first-order chi connectivity index (χ1) is 7.10. The van der Waals surface area contributed by atoms with Crippen LogP contribution >= 0.6 is 0 Å². The van der Waals surface area contributed by atoms with Crippen molar-refractivity contribution in [2.75, 3.05) is 0 Å². The summed E-state index contributed by atoms with van der Waals surface area (Å²) in [5.74, 6) is -0.671. The summed E-state index contributed by atoms with van der Waals surface area (Å²) >= 11 is 0. The van der Waals surface area contributed by atoms with Gasteiger partial charge in [-0.2, -0.15) is 26.3 Å². The monoisotopic (exact) mass is 248 g/mol. The van der Waals surface area contributed by atoms with Crippen molar-refractivity contribution < 1.29 is 35.5 Å². The molecule has 92 valence electrons. The van der Waals surface area contributed by atoms with Crippen molar-refractivity contribution in [3.63, 3.8) is 0 Å². The lowest BCUT2D eigenvalue weighted by Gasteiger charge is -2.22. The van der Waals surface area contributed by atoms with Gasteiger partial charge in [-0.25, -0.2) is 0 Å². The normalized spacial score (nSPS) is 13.2. The summed E-state index contributed by atoms with van der Waals surface area (Å²) in [5, 5.41) is 0. The zero-order valence-electron chi connectivity index (χ0n) is 7.82. The molecule has 0 N–H and O–H groups in total. The van der Waals surface area contributed by atoms with Crippen molar-refractivity contribution in [3.8, 4) is 5.95 Å². The Balaban J connectivity index is 2.88. The number of halogens is 6. The number of hydrogen-bond acceptors (Lipinski definition) is 2. The molecular weight excluding hydrogens is 242 g/mol. The van der Waals surface area contributed by atoms with E-state index in [0.29, 0.717) is 0 Å². The Labute approximate surface area is 85.8 Å². The summed E-state index contributed by atoms with van der Waals surface area (Å²) in [7, 11) is 0. The average Bonchev–Trinajstić information content (AvgIpc) is 2.43. The van der Waals surface area contributed by atoms with Crippen molar-refractivity contribution >= 4 is 0 Å². The highest BCUT2D eigenvalue weighted by molar-refractivity contribution is 5.11. The van der Waals surface area contributed by atoms with Crippen LogP contribution in [0.1, 0.15) is 5.76 Å². The zero-order chi connectivity index (χ0) is 12.6. The van der Waals surface area contributed by atoms with Gasteiger partial charge in [0.25, 0.3) is 12.1 Å². The van der Waals surface area contributed by atoms with E-state index >= 15 is 0 Å². The van der Waals surface area contributed by atoms with Crippen LogP contribution in [0, 0.1) is 6.92 Å². The number of hydrogen-bond donors (Lipinski definition) is 0. The summed E-state index contributed by atoms with van der Waals surface area (Å²) in [4.78, 5) is 0. The van der Waals surface area contributed by atoms with Crippen molar-refractivity contribution in [2.45, 2.75) is 25.4 Å². The smallest absolute Gasteiger partial charge is 0.434 e. The van der Waals surface area contributed by atoms with Crippen LogP contribution in [0.15, 0.2) is 16.5 Å². The second-order valence-electron chi connectivity index (χ2n) is 2.95. The fourth-order valence-electron chi connectivity index (χ4n) is 0.911. The van der Waals surface area contributed by atoms with Gasteiger partial charge in [0, 0.05) is 6.07 Å². The summed E-state index contributed by atoms with van der Waals surface area (Å²) in [6.45, 7) is 1.36. The van der Waals surface area contributed by atoms with Gasteiger partial charge in [-0.15, -0.1) is 0 Å². The Bertz CT molecular complexity index is 336.